The van der Waals surface area contributed by atoms with Crippen LogP contribution in [0.15, 0.2) is 76.1 Å². The lowest BCUT2D eigenvalue weighted by Crippen LogP contribution is -2.22. The molecular weight excluding hydrogens is 387 g/mol. The average Bonchev–Trinajstić information content (AvgIpc) is 2.74. The Labute approximate surface area is 170 Å². The molecule has 0 saturated carbocycles. The highest BCUT2D eigenvalue weighted by Gasteiger charge is 2.32. The van der Waals surface area contributed by atoms with Gasteiger partial charge in [0.05, 0.1) is 17.4 Å². The molecule has 4 aromatic rings. The number of aromatic hydroxyl groups is 1. The van der Waals surface area contributed by atoms with Crippen molar-refractivity contribution in [2.24, 2.45) is 0 Å². The summed E-state index contributed by atoms with van der Waals surface area (Å²) in [6.07, 6.45) is 1.27. The second kappa shape index (κ2) is 6.84. The van der Waals surface area contributed by atoms with E-state index in [0.29, 0.717) is 16.9 Å². The first-order chi connectivity index (χ1) is 14.5. The Hall–Kier alpha value is -3.93. The third-order valence-corrected chi connectivity index (χ3v) is 5.32. The lowest BCUT2D eigenvalue weighted by atomic mass is 9.85. The highest BCUT2D eigenvalue weighted by molar-refractivity contribution is 5.90. The summed E-state index contributed by atoms with van der Waals surface area (Å²) >= 11 is 0. The molecule has 0 saturated heterocycles. The fourth-order valence-corrected chi connectivity index (χ4v) is 3.95. The maximum atomic E-state index is 14.2. The Balaban J connectivity index is 1.76. The van der Waals surface area contributed by atoms with E-state index in [-0.39, 0.29) is 39.7 Å². The lowest BCUT2D eigenvalue weighted by Gasteiger charge is -2.25. The van der Waals surface area contributed by atoms with Crippen molar-refractivity contribution < 1.29 is 23.4 Å². The lowest BCUT2D eigenvalue weighted by molar-refractivity contribution is -0.135. The first kappa shape index (κ1) is 18.1. The molecule has 0 spiro atoms. The molecule has 6 heteroatoms. The zero-order chi connectivity index (χ0) is 20.8. The fraction of sp³-hybridized carbons (Fsp3) is 0.0833. The number of phenolic OH excluding ortho intramolecular Hbond substituents is 1. The van der Waals surface area contributed by atoms with Gasteiger partial charge in [0.1, 0.15) is 29.2 Å². The Bertz CT molecular complexity index is 1370. The summed E-state index contributed by atoms with van der Waals surface area (Å²) in [7, 11) is 0. The summed E-state index contributed by atoms with van der Waals surface area (Å²) in [6.45, 7) is 0. The minimum absolute atomic E-state index is 0.0361. The number of hydrogen-bond acceptors (Lipinski definition) is 5. The molecule has 1 aliphatic rings. The van der Waals surface area contributed by atoms with Gasteiger partial charge in [-0.05, 0) is 35.9 Å². The van der Waals surface area contributed by atoms with E-state index in [1.807, 2.05) is 0 Å². The number of phenols is 1. The van der Waals surface area contributed by atoms with Crippen LogP contribution < -0.4 is 10.2 Å². The van der Waals surface area contributed by atoms with Crippen LogP contribution in [0.5, 0.6) is 11.5 Å². The van der Waals surface area contributed by atoms with E-state index in [4.69, 9.17) is 9.15 Å². The zero-order valence-corrected chi connectivity index (χ0v) is 15.6. The number of fused-ring (bicyclic) bond motifs is 3. The standard InChI is InChI=1S/C24H15FO5/c25-19-7-2-1-6-15(19)18-12-29-24-16(23(18)28)8-9-20-22(24)17(11-21(27)30-20)13-4-3-5-14(26)10-13/h1-10,12,17,26H,11H2/t17-/m1/s1. The second-order valence-electron chi connectivity index (χ2n) is 7.14. The van der Waals surface area contributed by atoms with Crippen LogP contribution in [0, 0.1) is 5.82 Å². The zero-order valence-electron chi connectivity index (χ0n) is 15.6. The Morgan fingerprint density at radius 3 is 2.60 bits per heavy atom. The van der Waals surface area contributed by atoms with Crippen LogP contribution in [-0.2, 0) is 4.79 Å². The van der Waals surface area contributed by atoms with Gasteiger partial charge in [-0.1, -0.05) is 30.3 Å². The van der Waals surface area contributed by atoms with Crippen molar-refractivity contribution in [1.82, 2.24) is 0 Å². The summed E-state index contributed by atoms with van der Waals surface area (Å²) in [5, 5.41) is 10.1. The predicted molar refractivity (Wildman–Crippen MR) is 108 cm³/mol. The van der Waals surface area contributed by atoms with Crippen molar-refractivity contribution in [1.29, 1.82) is 0 Å². The van der Waals surface area contributed by atoms with Crippen LogP contribution in [0.2, 0.25) is 0 Å². The van der Waals surface area contributed by atoms with Gasteiger partial charge in [-0.2, -0.15) is 0 Å². The van der Waals surface area contributed by atoms with E-state index < -0.39 is 17.7 Å². The number of esters is 1. The monoisotopic (exact) mass is 402 g/mol. The van der Waals surface area contributed by atoms with Crippen LogP contribution in [0.25, 0.3) is 22.1 Å². The number of benzene rings is 3. The highest BCUT2D eigenvalue weighted by Crippen LogP contribution is 2.43. The molecule has 0 bridgehead atoms. The largest absolute Gasteiger partial charge is 0.508 e. The van der Waals surface area contributed by atoms with Crippen molar-refractivity contribution >= 4 is 16.9 Å². The maximum Gasteiger partial charge on any atom is 0.312 e. The summed E-state index contributed by atoms with van der Waals surface area (Å²) in [5.41, 5.74) is 1.41. The van der Waals surface area contributed by atoms with Crippen LogP contribution in [-0.4, -0.2) is 11.1 Å². The number of carbonyl (C=O) groups is 1. The quantitative estimate of drug-likeness (QED) is 0.387. The fourth-order valence-electron chi connectivity index (χ4n) is 3.95. The van der Waals surface area contributed by atoms with Gasteiger partial charge in [0.2, 0.25) is 5.43 Å². The molecule has 0 aliphatic carbocycles. The molecule has 2 heterocycles. The van der Waals surface area contributed by atoms with Gasteiger partial charge in [-0.15, -0.1) is 0 Å². The number of hydrogen-bond donors (Lipinski definition) is 1. The number of halogens is 1. The molecule has 148 valence electrons. The summed E-state index contributed by atoms with van der Waals surface area (Å²) in [5.74, 6) is -1.03. The Kier molecular flexibility index (Phi) is 4.13. The molecule has 1 aliphatic heterocycles. The molecular formula is C24H15FO5. The van der Waals surface area contributed by atoms with Gasteiger partial charge in [0, 0.05) is 17.0 Å². The third-order valence-electron chi connectivity index (χ3n) is 5.32. The number of ether oxygens (including phenoxy) is 1. The van der Waals surface area contributed by atoms with Crippen molar-refractivity contribution in [2.75, 3.05) is 0 Å². The SMILES string of the molecule is O=C1C[C@H](c2cccc(O)c2)c2c(ccc3c(=O)c(-c4ccccc4F)coc23)O1. The predicted octanol–water partition coefficient (Wildman–Crippen LogP) is 4.75. The van der Waals surface area contributed by atoms with E-state index >= 15 is 0 Å². The molecule has 0 amide bonds. The minimum Gasteiger partial charge on any atom is -0.508 e. The maximum absolute atomic E-state index is 14.2. The van der Waals surface area contributed by atoms with Crippen LogP contribution in [0.3, 0.4) is 0 Å². The van der Waals surface area contributed by atoms with E-state index in [1.54, 1.807) is 36.4 Å². The molecule has 1 atom stereocenters. The van der Waals surface area contributed by atoms with E-state index in [0.717, 1.165) is 0 Å². The van der Waals surface area contributed by atoms with E-state index in [1.165, 1.54) is 30.5 Å². The van der Waals surface area contributed by atoms with E-state index in [9.17, 15) is 19.1 Å². The molecule has 3 aromatic carbocycles. The van der Waals surface area contributed by atoms with E-state index in [2.05, 4.69) is 0 Å². The molecule has 0 unspecified atom stereocenters. The van der Waals surface area contributed by atoms with Gasteiger partial charge in [-0.25, -0.2) is 4.39 Å². The molecule has 5 rings (SSSR count). The number of carbonyl (C=O) groups excluding carboxylic acids is 1. The van der Waals surface area contributed by atoms with Crippen molar-refractivity contribution in [2.45, 2.75) is 12.3 Å². The van der Waals surface area contributed by atoms with Crippen molar-refractivity contribution in [3.05, 3.63) is 94.1 Å². The Morgan fingerprint density at radius 1 is 0.967 bits per heavy atom. The first-order valence-corrected chi connectivity index (χ1v) is 9.36. The summed E-state index contributed by atoms with van der Waals surface area (Å²) in [4.78, 5) is 25.3. The van der Waals surface area contributed by atoms with Crippen LogP contribution in [0.1, 0.15) is 23.5 Å². The molecule has 30 heavy (non-hydrogen) atoms. The van der Waals surface area contributed by atoms with Gasteiger partial charge in [0.25, 0.3) is 0 Å². The van der Waals surface area contributed by atoms with Crippen LogP contribution in [0.4, 0.5) is 4.39 Å². The van der Waals surface area contributed by atoms with Crippen molar-refractivity contribution in [3.63, 3.8) is 0 Å². The van der Waals surface area contributed by atoms with Crippen molar-refractivity contribution in [3.8, 4) is 22.6 Å². The average molecular weight is 402 g/mol. The topological polar surface area (TPSA) is 76.7 Å². The minimum atomic E-state index is -0.520. The molecule has 0 radical (unpaired) electrons. The Morgan fingerprint density at radius 2 is 1.80 bits per heavy atom. The summed E-state index contributed by atoms with van der Waals surface area (Å²) in [6, 6.07) is 15.6. The molecule has 0 fully saturated rings. The summed E-state index contributed by atoms with van der Waals surface area (Å²) < 4.78 is 25.4. The molecule has 5 nitrogen and oxygen atoms in total. The first-order valence-electron chi connectivity index (χ1n) is 9.36. The van der Waals surface area contributed by atoms with Gasteiger partial charge in [-0.3, -0.25) is 9.59 Å². The molecule has 1 N–H and O–H groups in total. The number of rotatable bonds is 2. The normalized spacial score (nSPS) is 15.6. The second-order valence-corrected chi connectivity index (χ2v) is 7.14. The smallest absolute Gasteiger partial charge is 0.312 e. The molecule has 1 aromatic heterocycles. The van der Waals surface area contributed by atoms with Gasteiger partial charge in [0.15, 0.2) is 0 Å². The van der Waals surface area contributed by atoms with Crippen LogP contribution >= 0.6 is 0 Å². The van der Waals surface area contributed by atoms with Gasteiger partial charge >= 0.3 is 5.97 Å². The highest BCUT2D eigenvalue weighted by atomic mass is 19.1. The van der Waals surface area contributed by atoms with Gasteiger partial charge < -0.3 is 14.3 Å². The third kappa shape index (κ3) is 2.85.